The number of carboxylic acid groups (broad SMARTS) is 1. The van der Waals surface area contributed by atoms with Crippen molar-refractivity contribution in [3.05, 3.63) is 99.6 Å². The van der Waals surface area contributed by atoms with Crippen LogP contribution in [-0.4, -0.2) is 25.8 Å². The van der Waals surface area contributed by atoms with Crippen molar-refractivity contribution < 1.29 is 19.2 Å². The van der Waals surface area contributed by atoms with Crippen LogP contribution in [0, 0.1) is 0 Å². The Morgan fingerprint density at radius 3 is 2.62 bits per heavy atom. The van der Waals surface area contributed by atoms with Gasteiger partial charge in [-0.3, -0.25) is 4.98 Å². The maximum atomic E-state index is 11.3. The first-order chi connectivity index (χ1) is 17.8. The van der Waals surface area contributed by atoms with Gasteiger partial charge in [0.25, 0.3) is 0 Å². The summed E-state index contributed by atoms with van der Waals surface area (Å²) >= 11 is 12.8. The molecule has 188 valence electrons. The number of rotatable bonds is 8. The summed E-state index contributed by atoms with van der Waals surface area (Å²) in [6, 6.07) is 14.8. The van der Waals surface area contributed by atoms with E-state index in [2.05, 4.69) is 14.7 Å². The molecule has 2 aromatic carbocycles. The Balaban J connectivity index is 1.44. The Bertz CT molecular complexity index is 1590. The highest BCUT2D eigenvalue weighted by atomic mass is 35.5. The summed E-state index contributed by atoms with van der Waals surface area (Å²) in [5.74, 6) is 0.487. The molecule has 3 heterocycles. The van der Waals surface area contributed by atoms with Crippen LogP contribution < -0.4 is 4.74 Å². The molecule has 0 fully saturated rings. The third-order valence-corrected chi connectivity index (χ3v) is 6.66. The Morgan fingerprint density at radius 2 is 1.89 bits per heavy atom. The lowest BCUT2D eigenvalue weighted by Gasteiger charge is -2.12. The van der Waals surface area contributed by atoms with Crippen molar-refractivity contribution in [3.63, 3.8) is 0 Å². The molecule has 0 aliphatic heterocycles. The fourth-order valence-corrected chi connectivity index (χ4v) is 4.84. The SMILES string of the molecule is CC(C)c1onc(-c2c(Cl)cncc2Cl)c1COc1ccc2ccn(Cc3cccc(C(=O)O)c3)c2c1. The lowest BCUT2D eigenvalue weighted by atomic mass is 10.0. The average molecular weight is 536 g/mol. The summed E-state index contributed by atoms with van der Waals surface area (Å²) < 4.78 is 13.9. The predicted octanol–water partition coefficient (Wildman–Crippen LogP) is 7.45. The molecule has 0 spiro atoms. The molecule has 3 aromatic heterocycles. The van der Waals surface area contributed by atoms with Crippen LogP contribution >= 0.6 is 23.2 Å². The van der Waals surface area contributed by atoms with E-state index in [1.54, 1.807) is 18.2 Å². The van der Waals surface area contributed by atoms with E-state index in [-0.39, 0.29) is 18.1 Å². The smallest absolute Gasteiger partial charge is 0.335 e. The lowest BCUT2D eigenvalue weighted by Crippen LogP contribution is -2.03. The van der Waals surface area contributed by atoms with E-state index in [9.17, 15) is 9.90 Å². The highest BCUT2D eigenvalue weighted by Gasteiger charge is 2.24. The van der Waals surface area contributed by atoms with Crippen LogP contribution in [0.5, 0.6) is 5.75 Å². The van der Waals surface area contributed by atoms with Gasteiger partial charge in [-0.25, -0.2) is 4.79 Å². The normalized spacial score (nSPS) is 11.4. The maximum absolute atomic E-state index is 11.3. The fraction of sp³-hybridized carbons (Fsp3) is 0.179. The molecule has 7 nitrogen and oxygen atoms in total. The number of ether oxygens (including phenoxy) is 1. The second kappa shape index (κ2) is 10.3. The number of aromatic carboxylic acids is 1. The first-order valence-electron chi connectivity index (χ1n) is 11.6. The number of benzene rings is 2. The molecule has 1 N–H and O–H groups in total. The molecule has 0 amide bonds. The van der Waals surface area contributed by atoms with Gasteiger partial charge in [0.2, 0.25) is 0 Å². The highest BCUT2D eigenvalue weighted by Crippen LogP contribution is 2.38. The lowest BCUT2D eigenvalue weighted by molar-refractivity contribution is 0.0696. The van der Waals surface area contributed by atoms with Gasteiger partial charge in [-0.2, -0.15) is 0 Å². The molecule has 5 rings (SSSR count). The van der Waals surface area contributed by atoms with E-state index in [1.165, 1.54) is 12.4 Å². The van der Waals surface area contributed by atoms with Crippen LogP contribution in [0.25, 0.3) is 22.2 Å². The highest BCUT2D eigenvalue weighted by molar-refractivity contribution is 6.38. The number of nitrogens with zero attached hydrogens (tertiary/aromatic N) is 3. The minimum Gasteiger partial charge on any atom is -0.489 e. The van der Waals surface area contributed by atoms with Gasteiger partial charge in [0, 0.05) is 42.7 Å². The summed E-state index contributed by atoms with van der Waals surface area (Å²) in [5.41, 5.74) is 3.98. The van der Waals surface area contributed by atoms with E-state index >= 15 is 0 Å². The molecule has 0 atom stereocenters. The van der Waals surface area contributed by atoms with Crippen molar-refractivity contribution in [3.8, 4) is 17.0 Å². The quantitative estimate of drug-likeness (QED) is 0.222. The van der Waals surface area contributed by atoms with Crippen molar-refractivity contribution >= 4 is 40.1 Å². The standard InChI is InChI=1S/C28H23Cl2N3O4/c1-16(2)27-21(26(32-37-27)25-22(29)12-31-13-23(25)30)15-36-20-7-6-18-8-9-33(24(18)11-20)14-17-4-3-5-19(10-17)28(34)35/h3-13,16H,14-15H2,1-2H3,(H,34,35). The fourth-order valence-electron chi connectivity index (χ4n) is 4.30. The van der Waals surface area contributed by atoms with Gasteiger partial charge in [0.15, 0.2) is 0 Å². The van der Waals surface area contributed by atoms with Crippen molar-refractivity contribution in [2.45, 2.75) is 32.9 Å². The topological polar surface area (TPSA) is 90.4 Å². The zero-order chi connectivity index (χ0) is 26.1. The number of pyridine rings is 1. The molecule has 0 radical (unpaired) electrons. The molecular weight excluding hydrogens is 513 g/mol. The Morgan fingerprint density at radius 1 is 1.11 bits per heavy atom. The number of aromatic nitrogens is 3. The number of hydrogen-bond acceptors (Lipinski definition) is 5. The Kier molecular flexibility index (Phi) is 6.91. The Labute approximate surface area is 223 Å². The van der Waals surface area contributed by atoms with Gasteiger partial charge in [-0.05, 0) is 41.3 Å². The zero-order valence-electron chi connectivity index (χ0n) is 20.1. The second-order valence-corrected chi connectivity index (χ2v) is 9.78. The first-order valence-corrected chi connectivity index (χ1v) is 12.4. The minimum absolute atomic E-state index is 0.0699. The van der Waals surface area contributed by atoms with E-state index in [4.69, 9.17) is 32.5 Å². The molecule has 0 saturated heterocycles. The summed E-state index contributed by atoms with van der Waals surface area (Å²) in [7, 11) is 0. The number of fused-ring (bicyclic) bond motifs is 1. The second-order valence-electron chi connectivity index (χ2n) is 8.97. The van der Waals surface area contributed by atoms with Crippen LogP contribution in [0.15, 0.2) is 71.6 Å². The summed E-state index contributed by atoms with van der Waals surface area (Å²) in [6.07, 6.45) is 5.01. The summed E-state index contributed by atoms with van der Waals surface area (Å²) in [5, 5.41) is 15.4. The van der Waals surface area contributed by atoms with Crippen molar-refractivity contribution in [2.24, 2.45) is 0 Å². The van der Waals surface area contributed by atoms with Crippen LogP contribution in [0.3, 0.4) is 0 Å². The minimum atomic E-state index is -0.946. The molecule has 9 heteroatoms. The molecule has 0 aliphatic carbocycles. The summed E-state index contributed by atoms with van der Waals surface area (Å²) in [6.45, 7) is 4.76. The van der Waals surface area contributed by atoms with E-state index < -0.39 is 5.97 Å². The predicted molar refractivity (Wildman–Crippen MR) is 143 cm³/mol. The largest absolute Gasteiger partial charge is 0.489 e. The van der Waals surface area contributed by atoms with Gasteiger partial charge in [0.05, 0.1) is 26.7 Å². The van der Waals surface area contributed by atoms with E-state index in [0.29, 0.717) is 39.4 Å². The number of carbonyl (C=O) groups is 1. The molecule has 37 heavy (non-hydrogen) atoms. The molecule has 0 unspecified atom stereocenters. The molecule has 0 saturated carbocycles. The van der Waals surface area contributed by atoms with Crippen LogP contribution in [0.1, 0.15) is 47.0 Å². The number of halogens is 2. The van der Waals surface area contributed by atoms with Crippen LogP contribution in [0.2, 0.25) is 10.0 Å². The van der Waals surface area contributed by atoms with Crippen LogP contribution in [-0.2, 0) is 13.2 Å². The van der Waals surface area contributed by atoms with Gasteiger partial charge >= 0.3 is 5.97 Å². The molecular formula is C28H23Cl2N3O4. The van der Waals surface area contributed by atoms with Crippen molar-refractivity contribution in [1.82, 2.24) is 14.7 Å². The molecule has 5 aromatic rings. The molecule has 0 bridgehead atoms. The summed E-state index contributed by atoms with van der Waals surface area (Å²) in [4.78, 5) is 15.4. The Hall–Kier alpha value is -3.81. The average Bonchev–Trinajstić information content (AvgIpc) is 3.47. The third kappa shape index (κ3) is 5.05. The van der Waals surface area contributed by atoms with Crippen molar-refractivity contribution in [1.29, 1.82) is 0 Å². The van der Waals surface area contributed by atoms with Gasteiger partial charge in [-0.1, -0.05) is 54.3 Å². The third-order valence-electron chi connectivity index (χ3n) is 6.09. The van der Waals surface area contributed by atoms with E-state index in [0.717, 1.165) is 22.0 Å². The zero-order valence-corrected chi connectivity index (χ0v) is 21.6. The van der Waals surface area contributed by atoms with Gasteiger partial charge in [-0.15, -0.1) is 0 Å². The number of hydrogen-bond donors (Lipinski definition) is 1. The number of carboxylic acids is 1. The van der Waals surface area contributed by atoms with Crippen LogP contribution in [0.4, 0.5) is 0 Å². The van der Waals surface area contributed by atoms with E-state index in [1.807, 2.05) is 50.4 Å². The van der Waals surface area contributed by atoms with Crippen molar-refractivity contribution in [2.75, 3.05) is 0 Å². The van der Waals surface area contributed by atoms with Gasteiger partial charge in [0.1, 0.15) is 23.8 Å². The monoisotopic (exact) mass is 535 g/mol. The maximum Gasteiger partial charge on any atom is 0.335 e. The first kappa shape index (κ1) is 24.9. The van der Waals surface area contributed by atoms with Gasteiger partial charge < -0.3 is 18.9 Å². The molecule has 0 aliphatic rings.